The van der Waals surface area contributed by atoms with E-state index in [1.54, 1.807) is 24.3 Å². The molecule has 3 rings (SSSR count). The van der Waals surface area contributed by atoms with Crippen molar-refractivity contribution in [3.8, 4) is 5.75 Å². The number of carbonyl (C=O) groups is 1. The summed E-state index contributed by atoms with van der Waals surface area (Å²) in [5.74, 6) is -0.133. The van der Waals surface area contributed by atoms with Gasteiger partial charge in [0.15, 0.2) is 6.61 Å². The third-order valence-corrected chi connectivity index (χ3v) is 3.81. The second kappa shape index (κ2) is 7.00. The van der Waals surface area contributed by atoms with E-state index in [0.29, 0.717) is 32.5 Å². The molecule has 0 aliphatic carbocycles. The van der Waals surface area contributed by atoms with Crippen LogP contribution in [0, 0.1) is 0 Å². The standard InChI is InChI=1S/C16H11Cl2N3O4/c17-8-1-3-10(18)13(5-8)25-7-14(22)19-9-2-4-11-12(6-9)21-16(24)15(23)20-11/h1-6H,7H2,(H,19,22)(H,20,23)(H,21,24). The van der Waals surface area contributed by atoms with Gasteiger partial charge in [0.2, 0.25) is 0 Å². The summed E-state index contributed by atoms with van der Waals surface area (Å²) in [6, 6.07) is 9.36. The quantitative estimate of drug-likeness (QED) is 0.605. The highest BCUT2D eigenvalue weighted by Crippen LogP contribution is 2.27. The number of anilines is 1. The molecule has 0 saturated heterocycles. The van der Waals surface area contributed by atoms with Crippen LogP contribution in [0.3, 0.4) is 0 Å². The van der Waals surface area contributed by atoms with E-state index in [1.807, 2.05) is 0 Å². The molecule has 0 unspecified atom stereocenters. The number of hydrogen-bond acceptors (Lipinski definition) is 4. The number of fused-ring (bicyclic) bond motifs is 1. The number of carbonyl (C=O) groups excluding carboxylic acids is 1. The Labute approximate surface area is 150 Å². The largest absolute Gasteiger partial charge is 0.482 e. The summed E-state index contributed by atoms with van der Waals surface area (Å²) in [4.78, 5) is 39.5. The predicted octanol–water partition coefficient (Wildman–Crippen LogP) is 2.54. The van der Waals surface area contributed by atoms with Gasteiger partial charge in [-0.1, -0.05) is 23.2 Å². The van der Waals surface area contributed by atoms with Gasteiger partial charge < -0.3 is 20.0 Å². The molecule has 1 amide bonds. The Bertz CT molecular complexity index is 1070. The van der Waals surface area contributed by atoms with Gasteiger partial charge in [0.25, 0.3) is 5.91 Å². The van der Waals surface area contributed by atoms with Gasteiger partial charge in [-0.15, -0.1) is 0 Å². The van der Waals surface area contributed by atoms with Gasteiger partial charge in [0.05, 0.1) is 16.1 Å². The normalized spacial score (nSPS) is 10.6. The zero-order valence-electron chi connectivity index (χ0n) is 12.6. The number of aromatic nitrogens is 2. The molecule has 1 heterocycles. The molecule has 0 saturated carbocycles. The average molecular weight is 380 g/mol. The lowest BCUT2D eigenvalue weighted by Gasteiger charge is -2.09. The molecule has 0 spiro atoms. The van der Waals surface area contributed by atoms with Crippen molar-refractivity contribution in [3.05, 3.63) is 67.2 Å². The van der Waals surface area contributed by atoms with Gasteiger partial charge in [-0.05, 0) is 30.3 Å². The van der Waals surface area contributed by atoms with Crippen LogP contribution in [0.4, 0.5) is 5.69 Å². The highest BCUT2D eigenvalue weighted by molar-refractivity contribution is 6.34. The molecule has 3 N–H and O–H groups in total. The van der Waals surface area contributed by atoms with Gasteiger partial charge in [0, 0.05) is 16.8 Å². The first-order chi connectivity index (χ1) is 11.9. The zero-order valence-corrected chi connectivity index (χ0v) is 14.1. The molecule has 25 heavy (non-hydrogen) atoms. The summed E-state index contributed by atoms with van der Waals surface area (Å²) >= 11 is 11.8. The van der Waals surface area contributed by atoms with E-state index in [9.17, 15) is 14.4 Å². The molecule has 0 aliphatic rings. The SMILES string of the molecule is O=C(COc1cc(Cl)ccc1Cl)Nc1ccc2[nH]c(=O)c(=O)[nH]c2c1. The van der Waals surface area contributed by atoms with Crippen molar-refractivity contribution in [2.45, 2.75) is 0 Å². The highest BCUT2D eigenvalue weighted by Gasteiger charge is 2.08. The maximum Gasteiger partial charge on any atom is 0.314 e. The van der Waals surface area contributed by atoms with Crippen LogP contribution in [0.2, 0.25) is 10.0 Å². The van der Waals surface area contributed by atoms with Crippen molar-refractivity contribution < 1.29 is 9.53 Å². The van der Waals surface area contributed by atoms with Crippen LogP contribution >= 0.6 is 23.2 Å². The number of ether oxygens (including phenoxy) is 1. The summed E-state index contributed by atoms with van der Waals surface area (Å²) < 4.78 is 5.34. The van der Waals surface area contributed by atoms with Crippen LogP contribution in [-0.4, -0.2) is 22.5 Å². The summed E-state index contributed by atoms with van der Waals surface area (Å²) in [5.41, 5.74) is -0.238. The van der Waals surface area contributed by atoms with Crippen LogP contribution in [0.25, 0.3) is 11.0 Å². The lowest BCUT2D eigenvalue weighted by atomic mass is 10.2. The van der Waals surface area contributed by atoms with E-state index < -0.39 is 17.0 Å². The molecule has 0 aliphatic heterocycles. The van der Waals surface area contributed by atoms with E-state index in [1.165, 1.54) is 12.1 Å². The molecule has 9 heteroatoms. The van der Waals surface area contributed by atoms with Crippen LogP contribution in [0.15, 0.2) is 46.0 Å². The molecular weight excluding hydrogens is 369 g/mol. The number of halogens is 2. The Morgan fingerprint density at radius 2 is 1.72 bits per heavy atom. The maximum absolute atomic E-state index is 12.0. The van der Waals surface area contributed by atoms with E-state index in [4.69, 9.17) is 27.9 Å². The van der Waals surface area contributed by atoms with Crippen LogP contribution in [0.1, 0.15) is 0 Å². The second-order valence-corrected chi connectivity index (χ2v) is 5.92. The Balaban J connectivity index is 1.71. The molecule has 0 fully saturated rings. The van der Waals surface area contributed by atoms with Crippen molar-refractivity contribution in [1.29, 1.82) is 0 Å². The first kappa shape index (κ1) is 17.1. The highest BCUT2D eigenvalue weighted by atomic mass is 35.5. The Morgan fingerprint density at radius 3 is 2.48 bits per heavy atom. The van der Waals surface area contributed by atoms with Crippen molar-refractivity contribution in [1.82, 2.24) is 9.97 Å². The average Bonchev–Trinajstić information content (AvgIpc) is 2.57. The molecular formula is C16H11Cl2N3O4. The molecule has 0 bridgehead atoms. The number of rotatable bonds is 4. The lowest BCUT2D eigenvalue weighted by molar-refractivity contribution is -0.118. The van der Waals surface area contributed by atoms with Crippen molar-refractivity contribution >= 4 is 45.8 Å². The van der Waals surface area contributed by atoms with E-state index in [-0.39, 0.29) is 6.61 Å². The maximum atomic E-state index is 12.0. The molecule has 0 radical (unpaired) electrons. The smallest absolute Gasteiger partial charge is 0.314 e. The molecule has 1 aromatic heterocycles. The number of hydrogen-bond donors (Lipinski definition) is 3. The van der Waals surface area contributed by atoms with Crippen molar-refractivity contribution in [3.63, 3.8) is 0 Å². The Morgan fingerprint density at radius 1 is 1.00 bits per heavy atom. The molecule has 3 aromatic rings. The third kappa shape index (κ3) is 4.01. The van der Waals surface area contributed by atoms with Gasteiger partial charge in [-0.25, -0.2) is 0 Å². The van der Waals surface area contributed by atoms with Gasteiger partial charge in [0.1, 0.15) is 5.75 Å². The molecule has 2 aromatic carbocycles. The number of aromatic amines is 2. The van der Waals surface area contributed by atoms with E-state index in [0.717, 1.165) is 0 Å². The zero-order chi connectivity index (χ0) is 18.0. The minimum absolute atomic E-state index is 0.278. The number of benzene rings is 2. The first-order valence-electron chi connectivity index (χ1n) is 7.06. The molecule has 0 atom stereocenters. The van der Waals surface area contributed by atoms with Crippen LogP contribution < -0.4 is 21.2 Å². The van der Waals surface area contributed by atoms with Gasteiger partial charge in [-0.3, -0.25) is 14.4 Å². The topological polar surface area (TPSA) is 104 Å². The van der Waals surface area contributed by atoms with Crippen LogP contribution in [0.5, 0.6) is 5.75 Å². The predicted molar refractivity (Wildman–Crippen MR) is 95.8 cm³/mol. The van der Waals surface area contributed by atoms with Crippen molar-refractivity contribution in [2.24, 2.45) is 0 Å². The second-order valence-electron chi connectivity index (χ2n) is 5.08. The monoisotopic (exact) mass is 379 g/mol. The summed E-state index contributed by atoms with van der Waals surface area (Å²) in [6.07, 6.45) is 0. The third-order valence-electron chi connectivity index (χ3n) is 3.26. The Kier molecular flexibility index (Phi) is 4.78. The lowest BCUT2D eigenvalue weighted by Crippen LogP contribution is -2.29. The number of H-pyrrole nitrogens is 2. The van der Waals surface area contributed by atoms with Gasteiger partial charge >= 0.3 is 11.1 Å². The van der Waals surface area contributed by atoms with Crippen LogP contribution in [-0.2, 0) is 4.79 Å². The fraction of sp³-hybridized carbons (Fsp3) is 0.0625. The van der Waals surface area contributed by atoms with Gasteiger partial charge in [-0.2, -0.15) is 0 Å². The summed E-state index contributed by atoms with van der Waals surface area (Å²) in [7, 11) is 0. The minimum atomic E-state index is -0.769. The van der Waals surface area contributed by atoms with E-state index in [2.05, 4.69) is 15.3 Å². The first-order valence-corrected chi connectivity index (χ1v) is 7.82. The summed E-state index contributed by atoms with van der Waals surface area (Å²) in [5, 5.41) is 3.39. The van der Waals surface area contributed by atoms with E-state index >= 15 is 0 Å². The molecule has 128 valence electrons. The minimum Gasteiger partial charge on any atom is -0.482 e. The summed E-state index contributed by atoms with van der Waals surface area (Å²) in [6.45, 7) is -0.278. The van der Waals surface area contributed by atoms with Crippen molar-refractivity contribution in [2.75, 3.05) is 11.9 Å². The number of amides is 1. The Hall–Kier alpha value is -2.77. The molecule has 7 nitrogen and oxygen atoms in total. The fourth-order valence-electron chi connectivity index (χ4n) is 2.12. The number of nitrogens with one attached hydrogen (secondary N) is 3. The fourth-order valence-corrected chi connectivity index (χ4v) is 2.45.